The van der Waals surface area contributed by atoms with Gasteiger partial charge in [0.05, 0.1) is 12.1 Å². The fraction of sp³-hybridized carbons (Fsp3) is 0.444. The quantitative estimate of drug-likeness (QED) is 0.885. The molecule has 1 aromatic carbocycles. The lowest BCUT2D eigenvalue weighted by atomic mass is 10.1. The minimum atomic E-state index is -0.0271. The Kier molecular flexibility index (Phi) is 5.60. The Morgan fingerprint density at radius 1 is 1.48 bits per heavy atom. The van der Waals surface area contributed by atoms with Crippen LogP contribution in [0.4, 0.5) is 0 Å². The van der Waals surface area contributed by atoms with Crippen LogP contribution in [0.2, 0.25) is 5.02 Å². The van der Waals surface area contributed by atoms with Crippen molar-refractivity contribution < 1.29 is 9.53 Å². The van der Waals surface area contributed by atoms with Gasteiger partial charge in [-0.25, -0.2) is 4.98 Å². The number of nitrogens with zero attached hydrogens (tertiary/aromatic N) is 3. The molecule has 0 spiro atoms. The van der Waals surface area contributed by atoms with E-state index in [0.29, 0.717) is 30.2 Å². The lowest BCUT2D eigenvalue weighted by Gasteiger charge is -2.35. The van der Waals surface area contributed by atoms with Gasteiger partial charge in [0.2, 0.25) is 5.91 Å². The molecule has 1 atom stereocenters. The lowest BCUT2D eigenvalue weighted by molar-refractivity contribution is -0.134. The van der Waals surface area contributed by atoms with Gasteiger partial charge in [0.1, 0.15) is 17.6 Å². The van der Waals surface area contributed by atoms with E-state index < -0.39 is 0 Å². The van der Waals surface area contributed by atoms with Crippen molar-refractivity contribution in [3.8, 4) is 5.75 Å². The third kappa shape index (κ3) is 3.96. The van der Waals surface area contributed by atoms with Crippen LogP contribution in [0.3, 0.4) is 0 Å². The molecule has 25 heavy (non-hydrogen) atoms. The summed E-state index contributed by atoms with van der Waals surface area (Å²) in [6, 6.07) is 5.62. The zero-order valence-corrected chi connectivity index (χ0v) is 15.3. The van der Waals surface area contributed by atoms with Gasteiger partial charge in [-0.3, -0.25) is 4.79 Å². The summed E-state index contributed by atoms with van der Waals surface area (Å²) in [6.07, 6.45) is 4.78. The normalized spacial score (nSPS) is 17.6. The van der Waals surface area contributed by atoms with E-state index in [9.17, 15) is 4.79 Å². The molecule has 1 aliphatic heterocycles. The highest BCUT2D eigenvalue weighted by Gasteiger charge is 2.29. The van der Waals surface area contributed by atoms with Gasteiger partial charge in [-0.1, -0.05) is 17.7 Å². The fourth-order valence-corrected chi connectivity index (χ4v) is 3.47. The predicted octanol–water partition coefficient (Wildman–Crippen LogP) is 2.19. The molecular formula is C18H23ClN4O2. The Morgan fingerprint density at radius 3 is 3.00 bits per heavy atom. The Morgan fingerprint density at radius 2 is 2.32 bits per heavy atom. The first-order valence-electron chi connectivity index (χ1n) is 8.40. The third-order valence-corrected chi connectivity index (χ3v) is 4.86. The molecule has 3 rings (SSSR count). The summed E-state index contributed by atoms with van der Waals surface area (Å²) in [5.74, 6) is 1.70. The standard InChI is InChI=1S/C18H23ClN4O2/c1-22-9-8-21-18(22)15-12-20-7-10-23(15)17(24)6-4-13-3-5-16(25-2)14(19)11-13/h3,5,8-9,11,15,20H,4,6-7,10,12H2,1-2H3. The SMILES string of the molecule is COc1ccc(CCC(=O)N2CCNCC2c2nccn2C)cc1Cl. The number of aryl methyl sites for hydroxylation is 2. The summed E-state index contributed by atoms with van der Waals surface area (Å²) in [4.78, 5) is 19.2. The average Bonchev–Trinajstić information content (AvgIpc) is 3.05. The number of aromatic nitrogens is 2. The Labute approximate surface area is 152 Å². The number of methoxy groups -OCH3 is 1. The summed E-state index contributed by atoms with van der Waals surface area (Å²) >= 11 is 6.16. The second-order valence-electron chi connectivity index (χ2n) is 6.17. The van der Waals surface area contributed by atoms with Crippen molar-refractivity contribution in [2.75, 3.05) is 26.7 Å². The Bertz CT molecular complexity index is 746. The zero-order valence-electron chi connectivity index (χ0n) is 14.5. The van der Waals surface area contributed by atoms with Crippen molar-refractivity contribution in [2.45, 2.75) is 18.9 Å². The molecule has 1 unspecified atom stereocenters. The van der Waals surface area contributed by atoms with Gasteiger partial charge in [0.25, 0.3) is 0 Å². The van der Waals surface area contributed by atoms with E-state index in [2.05, 4.69) is 10.3 Å². The van der Waals surface area contributed by atoms with Crippen LogP contribution in [0, 0.1) is 0 Å². The van der Waals surface area contributed by atoms with Crippen LogP contribution >= 0.6 is 11.6 Å². The summed E-state index contributed by atoms with van der Waals surface area (Å²) < 4.78 is 7.14. The van der Waals surface area contributed by atoms with Crippen LogP contribution in [-0.4, -0.2) is 47.1 Å². The van der Waals surface area contributed by atoms with Gasteiger partial charge in [-0.15, -0.1) is 0 Å². The number of halogens is 1. The van der Waals surface area contributed by atoms with Gasteiger partial charge >= 0.3 is 0 Å². The lowest BCUT2D eigenvalue weighted by Crippen LogP contribution is -2.49. The third-order valence-electron chi connectivity index (χ3n) is 4.56. The molecule has 1 aliphatic rings. The number of imidazole rings is 1. The molecule has 7 heteroatoms. The molecule has 1 saturated heterocycles. The highest BCUT2D eigenvalue weighted by molar-refractivity contribution is 6.32. The van der Waals surface area contributed by atoms with Gasteiger partial charge in [0.15, 0.2) is 0 Å². The number of hydrogen-bond acceptors (Lipinski definition) is 4. The molecule has 6 nitrogen and oxygen atoms in total. The Hall–Kier alpha value is -2.05. The predicted molar refractivity (Wildman–Crippen MR) is 96.9 cm³/mol. The maximum Gasteiger partial charge on any atom is 0.223 e. The van der Waals surface area contributed by atoms with Crippen LogP contribution < -0.4 is 10.1 Å². The average molecular weight is 363 g/mol. The maximum absolute atomic E-state index is 12.8. The first-order valence-corrected chi connectivity index (χ1v) is 8.77. The minimum Gasteiger partial charge on any atom is -0.495 e. The number of carbonyl (C=O) groups is 1. The monoisotopic (exact) mass is 362 g/mol. The second-order valence-corrected chi connectivity index (χ2v) is 6.58. The first kappa shape index (κ1) is 17.8. The molecule has 1 fully saturated rings. The van der Waals surface area contributed by atoms with Crippen molar-refractivity contribution in [2.24, 2.45) is 7.05 Å². The molecule has 2 heterocycles. The molecule has 0 saturated carbocycles. The molecule has 0 bridgehead atoms. The molecular weight excluding hydrogens is 340 g/mol. The van der Waals surface area contributed by atoms with Crippen LogP contribution in [0.1, 0.15) is 23.9 Å². The number of nitrogens with one attached hydrogen (secondary N) is 1. The number of rotatable bonds is 5. The number of piperazine rings is 1. The van der Waals surface area contributed by atoms with Crippen molar-refractivity contribution in [1.29, 1.82) is 0 Å². The van der Waals surface area contributed by atoms with E-state index in [1.165, 1.54) is 0 Å². The van der Waals surface area contributed by atoms with Gasteiger partial charge in [-0.2, -0.15) is 0 Å². The summed E-state index contributed by atoms with van der Waals surface area (Å²) in [7, 11) is 3.55. The molecule has 1 amide bonds. The van der Waals surface area contributed by atoms with E-state index in [-0.39, 0.29) is 11.9 Å². The van der Waals surface area contributed by atoms with Crippen LogP contribution in [0.5, 0.6) is 5.75 Å². The highest BCUT2D eigenvalue weighted by atomic mass is 35.5. The van der Waals surface area contributed by atoms with Crippen molar-refractivity contribution in [3.05, 3.63) is 47.0 Å². The molecule has 134 valence electrons. The maximum atomic E-state index is 12.8. The Balaban J connectivity index is 1.67. The highest BCUT2D eigenvalue weighted by Crippen LogP contribution is 2.26. The van der Waals surface area contributed by atoms with Gasteiger partial charge < -0.3 is 19.5 Å². The molecule has 0 aliphatic carbocycles. The van der Waals surface area contributed by atoms with Crippen LogP contribution in [0.15, 0.2) is 30.6 Å². The molecule has 0 radical (unpaired) electrons. The number of ether oxygens (including phenoxy) is 1. The van der Waals surface area contributed by atoms with E-state index in [0.717, 1.165) is 24.5 Å². The number of amides is 1. The van der Waals surface area contributed by atoms with E-state index in [4.69, 9.17) is 16.3 Å². The zero-order chi connectivity index (χ0) is 17.8. The van der Waals surface area contributed by atoms with E-state index in [1.807, 2.05) is 40.9 Å². The second kappa shape index (κ2) is 7.89. The largest absolute Gasteiger partial charge is 0.495 e. The summed E-state index contributed by atoms with van der Waals surface area (Å²) in [5.41, 5.74) is 1.03. The number of carbonyl (C=O) groups excluding carboxylic acids is 1. The topological polar surface area (TPSA) is 59.4 Å². The molecule has 1 aromatic heterocycles. The van der Waals surface area contributed by atoms with E-state index >= 15 is 0 Å². The van der Waals surface area contributed by atoms with Gasteiger partial charge in [-0.05, 0) is 24.1 Å². The number of hydrogen-bond donors (Lipinski definition) is 1. The first-order chi connectivity index (χ1) is 12.1. The number of benzene rings is 1. The smallest absolute Gasteiger partial charge is 0.223 e. The van der Waals surface area contributed by atoms with Crippen LogP contribution in [0.25, 0.3) is 0 Å². The van der Waals surface area contributed by atoms with Crippen LogP contribution in [-0.2, 0) is 18.3 Å². The minimum absolute atomic E-state index is 0.0271. The van der Waals surface area contributed by atoms with Gasteiger partial charge in [0, 0.05) is 45.5 Å². The fourth-order valence-electron chi connectivity index (χ4n) is 3.19. The van der Waals surface area contributed by atoms with E-state index in [1.54, 1.807) is 13.3 Å². The van der Waals surface area contributed by atoms with Crippen molar-refractivity contribution in [3.63, 3.8) is 0 Å². The summed E-state index contributed by atoms with van der Waals surface area (Å²) in [5, 5.41) is 3.92. The molecule has 2 aromatic rings. The molecule has 1 N–H and O–H groups in total. The van der Waals surface area contributed by atoms with Crippen molar-refractivity contribution in [1.82, 2.24) is 19.8 Å². The summed E-state index contributed by atoms with van der Waals surface area (Å²) in [6.45, 7) is 2.23. The van der Waals surface area contributed by atoms with Crippen molar-refractivity contribution >= 4 is 17.5 Å².